The number of methoxy groups -OCH3 is 1. The number of rotatable bonds is 3. The number of anilines is 1. The van der Waals surface area contributed by atoms with Gasteiger partial charge in [-0.3, -0.25) is 4.90 Å². The molecule has 1 heterocycles. The first-order valence-corrected chi connectivity index (χ1v) is 8.66. The fourth-order valence-electron chi connectivity index (χ4n) is 3.00. The summed E-state index contributed by atoms with van der Waals surface area (Å²) in [7, 11) is 1.28. The molecular formula is C19H17BrN2O4. The average molecular weight is 417 g/mol. The second-order valence-electron chi connectivity index (χ2n) is 5.75. The van der Waals surface area contributed by atoms with E-state index in [1.807, 2.05) is 6.07 Å². The number of amides is 2. The molecule has 1 unspecified atom stereocenters. The van der Waals surface area contributed by atoms with Gasteiger partial charge in [0.15, 0.2) is 0 Å². The van der Waals surface area contributed by atoms with E-state index in [9.17, 15) is 14.7 Å². The SMILES string of the molecule is COC(=O)C1=C(C)N(c2ccccc2)C(=O)NC1c1cc(Br)ccc1O. The molecule has 0 aliphatic carbocycles. The van der Waals surface area contributed by atoms with Crippen molar-refractivity contribution in [3.05, 3.63) is 69.8 Å². The predicted molar refractivity (Wildman–Crippen MR) is 101 cm³/mol. The van der Waals surface area contributed by atoms with Crippen molar-refractivity contribution in [2.75, 3.05) is 12.0 Å². The Balaban J connectivity index is 2.18. The van der Waals surface area contributed by atoms with E-state index in [1.165, 1.54) is 18.1 Å². The van der Waals surface area contributed by atoms with E-state index < -0.39 is 18.0 Å². The van der Waals surface area contributed by atoms with Crippen molar-refractivity contribution in [2.24, 2.45) is 0 Å². The molecule has 2 N–H and O–H groups in total. The Kier molecular flexibility index (Phi) is 4.99. The number of benzene rings is 2. The zero-order valence-corrected chi connectivity index (χ0v) is 15.8. The number of carbonyl (C=O) groups is 2. The van der Waals surface area contributed by atoms with Crippen LogP contribution in [0.2, 0.25) is 0 Å². The van der Waals surface area contributed by atoms with Crippen molar-refractivity contribution in [2.45, 2.75) is 13.0 Å². The fraction of sp³-hybridized carbons (Fsp3) is 0.158. The van der Waals surface area contributed by atoms with E-state index in [1.54, 1.807) is 43.3 Å². The molecule has 1 aliphatic heterocycles. The lowest BCUT2D eigenvalue weighted by molar-refractivity contribution is -0.136. The molecule has 0 spiro atoms. The van der Waals surface area contributed by atoms with Gasteiger partial charge >= 0.3 is 12.0 Å². The number of phenolic OH excluding ortho intramolecular Hbond substituents is 1. The molecule has 1 aliphatic rings. The Morgan fingerprint density at radius 1 is 1.23 bits per heavy atom. The quantitative estimate of drug-likeness (QED) is 0.744. The second kappa shape index (κ2) is 7.21. The number of nitrogens with zero attached hydrogens (tertiary/aromatic N) is 1. The van der Waals surface area contributed by atoms with Crippen LogP contribution >= 0.6 is 15.9 Å². The highest BCUT2D eigenvalue weighted by Crippen LogP contribution is 2.38. The van der Waals surface area contributed by atoms with E-state index in [0.717, 1.165) is 0 Å². The lowest BCUT2D eigenvalue weighted by atomic mass is 9.94. The maximum absolute atomic E-state index is 12.8. The van der Waals surface area contributed by atoms with E-state index in [0.29, 0.717) is 21.4 Å². The van der Waals surface area contributed by atoms with Crippen LogP contribution in [0.4, 0.5) is 10.5 Å². The minimum atomic E-state index is -0.826. The van der Waals surface area contributed by atoms with Gasteiger partial charge in [0.1, 0.15) is 5.75 Å². The van der Waals surface area contributed by atoms with Crippen molar-refractivity contribution in [1.82, 2.24) is 5.32 Å². The largest absolute Gasteiger partial charge is 0.508 e. The predicted octanol–water partition coefficient (Wildman–Crippen LogP) is 3.87. The normalized spacial score (nSPS) is 17.1. The van der Waals surface area contributed by atoms with Gasteiger partial charge in [0, 0.05) is 15.7 Å². The topological polar surface area (TPSA) is 78.9 Å². The van der Waals surface area contributed by atoms with Crippen molar-refractivity contribution in [3.63, 3.8) is 0 Å². The van der Waals surface area contributed by atoms with Crippen molar-refractivity contribution >= 4 is 33.6 Å². The Hall–Kier alpha value is -2.80. The minimum absolute atomic E-state index is 0.0270. The summed E-state index contributed by atoms with van der Waals surface area (Å²) in [5.74, 6) is -0.603. The number of esters is 1. The average Bonchev–Trinajstić information content (AvgIpc) is 2.63. The van der Waals surface area contributed by atoms with Gasteiger partial charge in [-0.05, 0) is 37.3 Å². The first-order valence-electron chi connectivity index (χ1n) is 7.87. The number of aromatic hydroxyl groups is 1. The molecule has 2 amide bonds. The molecule has 0 radical (unpaired) electrons. The monoisotopic (exact) mass is 416 g/mol. The first kappa shape index (κ1) is 18.0. The number of para-hydroxylation sites is 1. The van der Waals surface area contributed by atoms with Gasteiger partial charge in [-0.2, -0.15) is 0 Å². The van der Waals surface area contributed by atoms with Gasteiger partial charge in [-0.1, -0.05) is 34.1 Å². The Labute approximate surface area is 159 Å². The van der Waals surface area contributed by atoms with Crippen LogP contribution in [0.25, 0.3) is 0 Å². The number of hydrogen-bond acceptors (Lipinski definition) is 4. The van der Waals surface area contributed by atoms with Crippen LogP contribution in [0.5, 0.6) is 5.75 Å². The molecule has 0 bridgehead atoms. The van der Waals surface area contributed by atoms with Crippen LogP contribution in [0.3, 0.4) is 0 Å². The number of nitrogens with one attached hydrogen (secondary N) is 1. The highest BCUT2D eigenvalue weighted by atomic mass is 79.9. The van der Waals surface area contributed by atoms with Crippen LogP contribution in [-0.4, -0.2) is 24.2 Å². The van der Waals surface area contributed by atoms with Crippen molar-refractivity contribution < 1.29 is 19.4 Å². The van der Waals surface area contributed by atoms with Gasteiger partial charge in [0.2, 0.25) is 0 Å². The van der Waals surface area contributed by atoms with Gasteiger partial charge in [0.25, 0.3) is 0 Å². The molecule has 6 nitrogen and oxygen atoms in total. The van der Waals surface area contributed by atoms with Crippen LogP contribution in [0.15, 0.2) is 64.3 Å². The summed E-state index contributed by atoms with van der Waals surface area (Å²) in [6, 6.07) is 12.6. The lowest BCUT2D eigenvalue weighted by Gasteiger charge is -2.35. The zero-order chi connectivity index (χ0) is 18.8. The van der Waals surface area contributed by atoms with Gasteiger partial charge in [-0.25, -0.2) is 9.59 Å². The number of allylic oxidation sites excluding steroid dienone is 1. The second-order valence-corrected chi connectivity index (χ2v) is 6.66. The number of ether oxygens (including phenoxy) is 1. The lowest BCUT2D eigenvalue weighted by Crippen LogP contribution is -2.48. The number of urea groups is 1. The summed E-state index contributed by atoms with van der Waals surface area (Å²) in [5, 5.41) is 13.0. The van der Waals surface area contributed by atoms with E-state index in [2.05, 4.69) is 21.2 Å². The van der Waals surface area contributed by atoms with Crippen molar-refractivity contribution in [3.8, 4) is 5.75 Å². The summed E-state index contributed by atoms with van der Waals surface area (Å²) < 4.78 is 5.65. The maximum atomic E-state index is 12.8. The Bertz CT molecular complexity index is 896. The molecule has 0 saturated heterocycles. The molecule has 2 aromatic rings. The molecule has 26 heavy (non-hydrogen) atoms. The zero-order valence-electron chi connectivity index (χ0n) is 14.2. The molecule has 0 fully saturated rings. The third-order valence-corrected chi connectivity index (χ3v) is 4.70. The molecule has 0 aromatic heterocycles. The standard InChI is InChI=1S/C19H17BrN2O4/c1-11-16(18(24)26-2)17(14-10-12(20)8-9-15(14)23)21-19(25)22(11)13-6-4-3-5-7-13/h3-10,17,23H,1-2H3,(H,21,25). The molecule has 3 rings (SSSR count). The summed E-state index contributed by atoms with van der Waals surface area (Å²) >= 11 is 3.35. The molecule has 2 aromatic carbocycles. The van der Waals surface area contributed by atoms with Crippen molar-refractivity contribution in [1.29, 1.82) is 0 Å². The van der Waals surface area contributed by atoms with Crippen LogP contribution in [-0.2, 0) is 9.53 Å². The third kappa shape index (κ3) is 3.17. The van der Waals surface area contributed by atoms with Crippen LogP contribution in [0.1, 0.15) is 18.5 Å². The first-order chi connectivity index (χ1) is 12.4. The third-order valence-electron chi connectivity index (χ3n) is 4.21. The molecular weight excluding hydrogens is 400 g/mol. The number of carbonyl (C=O) groups excluding carboxylic acids is 2. The Morgan fingerprint density at radius 3 is 2.58 bits per heavy atom. The summed E-state index contributed by atoms with van der Waals surface area (Å²) in [6.07, 6.45) is 0. The molecule has 1 atom stereocenters. The van der Waals surface area contributed by atoms with Gasteiger partial charge in [0.05, 0.1) is 24.4 Å². The molecule has 0 saturated carbocycles. The van der Waals surface area contributed by atoms with Crippen LogP contribution < -0.4 is 10.2 Å². The number of hydrogen-bond donors (Lipinski definition) is 2. The molecule has 7 heteroatoms. The summed E-state index contributed by atoms with van der Waals surface area (Å²) in [6.45, 7) is 1.68. The maximum Gasteiger partial charge on any atom is 0.337 e. The highest BCUT2D eigenvalue weighted by molar-refractivity contribution is 9.10. The minimum Gasteiger partial charge on any atom is -0.508 e. The van der Waals surface area contributed by atoms with Gasteiger partial charge in [-0.15, -0.1) is 0 Å². The highest BCUT2D eigenvalue weighted by Gasteiger charge is 2.38. The van der Waals surface area contributed by atoms with Crippen LogP contribution in [0, 0.1) is 0 Å². The fourth-order valence-corrected chi connectivity index (χ4v) is 3.37. The van der Waals surface area contributed by atoms with E-state index in [-0.39, 0.29) is 11.3 Å². The number of phenols is 1. The van der Waals surface area contributed by atoms with Gasteiger partial charge < -0.3 is 15.2 Å². The summed E-state index contributed by atoms with van der Waals surface area (Å²) in [4.78, 5) is 26.7. The summed E-state index contributed by atoms with van der Waals surface area (Å²) in [5.41, 5.74) is 1.72. The number of halogens is 1. The van der Waals surface area contributed by atoms with E-state index in [4.69, 9.17) is 4.74 Å². The van der Waals surface area contributed by atoms with E-state index >= 15 is 0 Å². The Morgan fingerprint density at radius 2 is 1.92 bits per heavy atom. The smallest absolute Gasteiger partial charge is 0.337 e. The molecule has 134 valence electrons.